The first kappa shape index (κ1) is 17.3. The van der Waals surface area contributed by atoms with E-state index in [-0.39, 0.29) is 11.5 Å². The molecule has 0 bridgehead atoms. The molecule has 1 amide bonds. The summed E-state index contributed by atoms with van der Waals surface area (Å²) in [4.78, 5) is 14.6. The van der Waals surface area contributed by atoms with E-state index in [1.54, 1.807) is 0 Å². The number of rotatable bonds is 6. The number of aryl methyl sites for hydroxylation is 2. The van der Waals surface area contributed by atoms with E-state index < -0.39 is 0 Å². The lowest BCUT2D eigenvalue weighted by atomic mass is 9.79. The van der Waals surface area contributed by atoms with E-state index in [1.807, 2.05) is 42.9 Å². The third kappa shape index (κ3) is 3.29. The summed E-state index contributed by atoms with van der Waals surface area (Å²) in [5.74, 6) is 1.33. The Hall–Kier alpha value is -2.12. The highest BCUT2D eigenvalue weighted by Gasteiger charge is 2.52. The van der Waals surface area contributed by atoms with E-state index in [9.17, 15) is 4.79 Å². The molecule has 140 valence electrons. The van der Waals surface area contributed by atoms with Crippen LogP contribution in [0.25, 0.3) is 0 Å². The van der Waals surface area contributed by atoms with Gasteiger partial charge in [-0.2, -0.15) is 0 Å². The number of aromatic nitrogens is 2. The number of carbonyl (C=O) groups excluding carboxylic acids is 1. The second-order valence-electron chi connectivity index (χ2n) is 7.52. The zero-order valence-corrected chi connectivity index (χ0v) is 15.4. The zero-order valence-electron chi connectivity index (χ0n) is 15.4. The molecule has 4 rings (SSSR count). The molecule has 2 fully saturated rings. The van der Waals surface area contributed by atoms with Crippen molar-refractivity contribution in [1.29, 1.82) is 0 Å². The van der Waals surface area contributed by atoms with E-state index in [2.05, 4.69) is 15.4 Å². The summed E-state index contributed by atoms with van der Waals surface area (Å²) in [7, 11) is 1.88. The molecule has 0 radical (unpaired) electrons. The van der Waals surface area contributed by atoms with Crippen LogP contribution in [0.4, 0.5) is 0 Å². The minimum Gasteiger partial charge on any atom is -0.372 e. The molecule has 1 N–H and O–H groups in total. The molecule has 2 aromatic rings. The summed E-state index contributed by atoms with van der Waals surface area (Å²) in [6.07, 6.45) is 3.90. The maximum Gasteiger partial charge on any atom is 0.267 e. The quantitative estimate of drug-likeness (QED) is 0.851. The van der Waals surface area contributed by atoms with Crippen molar-refractivity contribution >= 4 is 5.91 Å². The number of carbonyl (C=O) groups is 1. The third-order valence-corrected chi connectivity index (χ3v) is 5.60. The minimum atomic E-state index is -0.0471. The fourth-order valence-corrected chi connectivity index (χ4v) is 4.23. The summed E-state index contributed by atoms with van der Waals surface area (Å²) in [5.41, 5.74) is 1.62. The van der Waals surface area contributed by atoms with Crippen LogP contribution in [0, 0.1) is 12.8 Å². The second-order valence-corrected chi connectivity index (χ2v) is 7.52. The zero-order chi connectivity index (χ0) is 18.1. The van der Waals surface area contributed by atoms with Gasteiger partial charge >= 0.3 is 0 Å². The van der Waals surface area contributed by atoms with Gasteiger partial charge < -0.3 is 19.1 Å². The Morgan fingerprint density at radius 1 is 1.46 bits per heavy atom. The predicted octanol–water partition coefficient (Wildman–Crippen LogP) is 1.73. The van der Waals surface area contributed by atoms with E-state index in [0.717, 1.165) is 50.5 Å². The van der Waals surface area contributed by atoms with Gasteiger partial charge in [-0.25, -0.2) is 0 Å². The molecule has 1 spiro atoms. The Morgan fingerprint density at radius 3 is 3.00 bits per heavy atom. The largest absolute Gasteiger partial charge is 0.372 e. The molecule has 0 aliphatic carbocycles. The van der Waals surface area contributed by atoms with Crippen molar-refractivity contribution < 1.29 is 14.1 Å². The summed E-state index contributed by atoms with van der Waals surface area (Å²) >= 11 is 0. The van der Waals surface area contributed by atoms with Crippen molar-refractivity contribution in [3.8, 4) is 0 Å². The van der Waals surface area contributed by atoms with Gasteiger partial charge in [-0.3, -0.25) is 9.69 Å². The Balaban J connectivity index is 1.25. The summed E-state index contributed by atoms with van der Waals surface area (Å²) in [5, 5.41) is 7.11. The van der Waals surface area contributed by atoms with E-state index in [4.69, 9.17) is 9.26 Å². The van der Waals surface area contributed by atoms with E-state index in [1.165, 1.54) is 0 Å². The van der Waals surface area contributed by atoms with Crippen molar-refractivity contribution in [3.05, 3.63) is 41.5 Å². The summed E-state index contributed by atoms with van der Waals surface area (Å²) < 4.78 is 13.1. The summed E-state index contributed by atoms with van der Waals surface area (Å²) in [6.45, 7) is 6.06. The first-order valence-corrected chi connectivity index (χ1v) is 9.24. The van der Waals surface area contributed by atoms with Crippen LogP contribution in [0.1, 0.15) is 34.8 Å². The van der Waals surface area contributed by atoms with Gasteiger partial charge in [0.25, 0.3) is 5.91 Å². The molecule has 0 aromatic carbocycles. The van der Waals surface area contributed by atoms with Crippen LogP contribution in [0.15, 0.2) is 28.9 Å². The van der Waals surface area contributed by atoms with Crippen molar-refractivity contribution in [3.63, 3.8) is 0 Å². The molecule has 1 atom stereocenters. The van der Waals surface area contributed by atoms with Crippen LogP contribution >= 0.6 is 0 Å². The van der Waals surface area contributed by atoms with Gasteiger partial charge in [0.15, 0.2) is 0 Å². The van der Waals surface area contributed by atoms with Crippen molar-refractivity contribution in [1.82, 2.24) is 19.9 Å². The number of hydrogen-bond acceptors (Lipinski definition) is 5. The highest BCUT2D eigenvalue weighted by molar-refractivity contribution is 5.92. The summed E-state index contributed by atoms with van der Waals surface area (Å²) in [6, 6.07) is 5.70. The second kappa shape index (κ2) is 6.89. The average Bonchev–Trinajstić information content (AvgIpc) is 3.28. The first-order valence-electron chi connectivity index (χ1n) is 9.24. The lowest BCUT2D eigenvalue weighted by molar-refractivity contribution is -0.137. The normalized spacial score (nSPS) is 21.8. The Labute approximate surface area is 153 Å². The molecule has 26 heavy (non-hydrogen) atoms. The van der Waals surface area contributed by atoms with Crippen LogP contribution in [0.5, 0.6) is 0 Å². The molecule has 2 aliphatic rings. The highest BCUT2D eigenvalue weighted by atomic mass is 16.5. The molecule has 0 unspecified atom stereocenters. The smallest absolute Gasteiger partial charge is 0.267 e. The van der Waals surface area contributed by atoms with E-state index in [0.29, 0.717) is 18.2 Å². The standard InChI is InChI=1S/C19H26N4O3/c1-14-10-16(21-26-14)11-23-12-19(13-23)15(6-9-25-19)5-7-20-18(24)17-4-3-8-22(17)2/h3-4,8,10,15H,5-7,9,11-13H2,1-2H3,(H,20,24)/t15-/m0/s1. The monoisotopic (exact) mass is 358 g/mol. The highest BCUT2D eigenvalue weighted by Crippen LogP contribution is 2.41. The molecule has 7 nitrogen and oxygen atoms in total. The van der Waals surface area contributed by atoms with Crippen LogP contribution in [-0.4, -0.2) is 52.4 Å². The SMILES string of the molecule is Cc1cc(CN2CC3(C2)OCC[C@@H]3CCNC(=O)c2cccn2C)no1. The Bertz CT molecular complexity index is 775. The van der Waals surface area contributed by atoms with Crippen molar-refractivity contribution in [2.75, 3.05) is 26.2 Å². The van der Waals surface area contributed by atoms with Gasteiger partial charge in [0.1, 0.15) is 11.5 Å². The number of likely N-dealkylation sites (tertiary alicyclic amines) is 1. The van der Waals surface area contributed by atoms with Gasteiger partial charge in [-0.15, -0.1) is 0 Å². The number of nitrogens with one attached hydrogen (secondary N) is 1. The fraction of sp³-hybridized carbons (Fsp3) is 0.579. The minimum absolute atomic E-state index is 0.0119. The molecule has 4 heterocycles. The molecule has 2 aromatic heterocycles. The van der Waals surface area contributed by atoms with Gasteiger partial charge in [-0.1, -0.05) is 5.16 Å². The van der Waals surface area contributed by atoms with Gasteiger partial charge in [-0.05, 0) is 37.8 Å². The first-order chi connectivity index (χ1) is 12.6. The van der Waals surface area contributed by atoms with Gasteiger partial charge in [0, 0.05) is 52.1 Å². The molecule has 7 heteroatoms. The van der Waals surface area contributed by atoms with Crippen LogP contribution in [0.3, 0.4) is 0 Å². The predicted molar refractivity (Wildman–Crippen MR) is 95.7 cm³/mol. The van der Waals surface area contributed by atoms with Crippen LogP contribution in [0.2, 0.25) is 0 Å². The Kier molecular flexibility index (Phi) is 4.58. The molecule has 0 saturated carbocycles. The fourth-order valence-electron chi connectivity index (χ4n) is 4.23. The number of amides is 1. The molecule has 2 aliphatic heterocycles. The number of nitrogens with zero attached hydrogens (tertiary/aromatic N) is 3. The Morgan fingerprint density at radius 2 is 2.31 bits per heavy atom. The van der Waals surface area contributed by atoms with E-state index >= 15 is 0 Å². The van der Waals surface area contributed by atoms with Crippen LogP contribution in [-0.2, 0) is 18.3 Å². The molecule has 2 saturated heterocycles. The van der Waals surface area contributed by atoms with Crippen molar-refractivity contribution in [2.45, 2.75) is 31.9 Å². The third-order valence-electron chi connectivity index (χ3n) is 5.60. The van der Waals surface area contributed by atoms with Gasteiger partial charge in [0.05, 0.1) is 11.3 Å². The van der Waals surface area contributed by atoms with Gasteiger partial charge in [0.2, 0.25) is 0 Å². The topological polar surface area (TPSA) is 72.5 Å². The number of hydrogen-bond donors (Lipinski definition) is 1. The van der Waals surface area contributed by atoms with Crippen molar-refractivity contribution in [2.24, 2.45) is 13.0 Å². The lowest BCUT2D eigenvalue weighted by Gasteiger charge is -2.50. The maximum absolute atomic E-state index is 12.2. The maximum atomic E-state index is 12.2. The van der Waals surface area contributed by atoms with Crippen LogP contribution < -0.4 is 5.32 Å². The molecular weight excluding hydrogens is 332 g/mol. The average molecular weight is 358 g/mol. The number of ether oxygens (including phenoxy) is 1. The lowest BCUT2D eigenvalue weighted by Crippen LogP contribution is -2.64. The molecular formula is C19H26N4O3.